The minimum absolute atomic E-state index is 0.0634. The van der Waals surface area contributed by atoms with Gasteiger partial charge in [0.1, 0.15) is 5.82 Å². The van der Waals surface area contributed by atoms with Gasteiger partial charge in [-0.25, -0.2) is 9.97 Å². The Morgan fingerprint density at radius 3 is 1.12 bits per heavy atom. The number of hydrogen-bond donors (Lipinski definition) is 0. The number of pyridine rings is 2. The number of rotatable bonds is 2. The molecule has 17 rings (SSSR count). The smallest absolute Gasteiger partial charge is 0.126 e. The number of nitrogens with zero attached hydrogens (tertiary/aromatic N) is 5. The van der Waals surface area contributed by atoms with Crippen molar-refractivity contribution in [2.24, 2.45) is 0 Å². The highest BCUT2D eigenvalue weighted by Crippen LogP contribution is 2.36. The van der Waals surface area contributed by atoms with Crippen molar-refractivity contribution in [2.45, 2.75) is 96.9 Å². The summed E-state index contributed by atoms with van der Waals surface area (Å²) >= 11 is 0. The van der Waals surface area contributed by atoms with Gasteiger partial charge in [-0.15, -0.1) is 0 Å². The molecule has 0 spiro atoms. The van der Waals surface area contributed by atoms with Crippen LogP contribution in [0.4, 0.5) is 0 Å². The Morgan fingerprint density at radius 1 is 0.263 bits per heavy atom. The van der Waals surface area contributed by atoms with Gasteiger partial charge in [-0.05, 0) is 217 Å². The Balaban J connectivity index is 0.000000122. The van der Waals surface area contributed by atoms with Gasteiger partial charge < -0.3 is 4.57 Å². The first kappa shape index (κ1) is 63.6. The van der Waals surface area contributed by atoms with Crippen molar-refractivity contribution in [3.8, 4) is 16.8 Å². The Morgan fingerprint density at radius 2 is 0.657 bits per heavy atom. The van der Waals surface area contributed by atoms with Crippen molar-refractivity contribution in [2.75, 3.05) is 0 Å². The Hall–Kier alpha value is -11.4. The van der Waals surface area contributed by atoms with Crippen molar-refractivity contribution >= 4 is 86.6 Å². The summed E-state index contributed by atoms with van der Waals surface area (Å²) in [7, 11) is 0. The van der Waals surface area contributed by atoms with Crippen molar-refractivity contribution < 1.29 is 5.48 Å². The van der Waals surface area contributed by atoms with Crippen LogP contribution in [-0.2, 0) is 0 Å². The average Bonchev–Trinajstić information content (AvgIpc) is 1.74. The zero-order valence-corrected chi connectivity index (χ0v) is 59.6. The van der Waals surface area contributed by atoms with Gasteiger partial charge in [0.2, 0.25) is 0 Å². The molecule has 99 heavy (non-hydrogen) atoms. The Bertz CT molecular complexity index is 5560. The highest BCUT2D eigenvalue weighted by Gasteiger charge is 2.14. The van der Waals surface area contributed by atoms with Crippen LogP contribution in [0.1, 0.15) is 84.3 Å². The lowest BCUT2D eigenvalue weighted by molar-refractivity contribution is 1.05. The molecule has 4 heterocycles. The van der Waals surface area contributed by atoms with E-state index in [2.05, 4.69) is 292 Å². The van der Waals surface area contributed by atoms with Crippen LogP contribution in [0.2, 0.25) is 0 Å². The molecule has 0 bridgehead atoms. The molecule has 4 aromatic heterocycles. The summed E-state index contributed by atoms with van der Waals surface area (Å²) < 4.78 is 32.1. The first-order valence-corrected chi connectivity index (χ1v) is 33.9. The third-order valence-electron chi connectivity index (χ3n) is 17.9. The summed E-state index contributed by atoms with van der Waals surface area (Å²) in [6.45, 7) is 28.3. The molecule has 0 aliphatic heterocycles. The highest BCUT2D eigenvalue weighted by atomic mass is 15.0. The van der Waals surface area contributed by atoms with E-state index in [1.807, 2.05) is 76.2 Å². The molecular formula is C94H89N5. The van der Waals surface area contributed by atoms with Gasteiger partial charge in [0, 0.05) is 61.3 Å². The standard InChI is InChI=1S/C20H17N.C17H15N.2C16H14.C10H10N2.C8H10.C7H9N/c1-14-8-10-19-17(12-14)18-13-15(2)9-11-20(18)21(19)16-6-4-3-5-7-16;1-12-15-10-6-7-11-16(15)17(13(2)18-12)14-8-4-3-5-9-14;1-11-3-7-15-13(9-11)5-6-14-10-12(2)4-8-16(14)15;1-11-13-7-3-5-9-15(13)12(2)16-10-6-4-8-14(11)16;1-7-9-5-3-4-6-10(9)12-8(2)11-7;1-7-3-5-8(2)6-4-7;1-6-4-3-5-7(2)8-6/h3-13H,1-2H3;3-11H,1-2H3;2*3-10H,1-2H3;3-6H,1-2H3;3-6H,1-2H3;3-5H,1-2H3/i;;;;;3D,4D,5D,6D;. The van der Waals surface area contributed by atoms with E-state index in [0.717, 1.165) is 45.2 Å². The summed E-state index contributed by atoms with van der Waals surface area (Å²) in [5.74, 6) is 0.839. The fraction of sp³-hybridized carbons (Fsp3) is 0.149. The third kappa shape index (κ3) is 16.5. The molecule has 13 aromatic carbocycles. The van der Waals surface area contributed by atoms with E-state index in [-0.39, 0.29) is 24.2 Å². The van der Waals surface area contributed by atoms with Gasteiger partial charge in [0.25, 0.3) is 0 Å². The molecule has 0 radical (unpaired) electrons. The zero-order valence-electron chi connectivity index (χ0n) is 63.6. The maximum Gasteiger partial charge on any atom is 0.126 e. The van der Waals surface area contributed by atoms with E-state index >= 15 is 0 Å². The predicted molar refractivity (Wildman–Crippen MR) is 427 cm³/mol. The normalized spacial score (nSPS) is 11.3. The monoisotopic (exact) mass is 1290 g/mol. The van der Waals surface area contributed by atoms with E-state index < -0.39 is 0 Å². The number of para-hydroxylation sites is 2. The molecule has 0 amide bonds. The molecule has 0 saturated carbocycles. The Labute approximate surface area is 590 Å². The van der Waals surface area contributed by atoms with Gasteiger partial charge in [-0.1, -0.05) is 264 Å². The fourth-order valence-electron chi connectivity index (χ4n) is 13.0. The quantitative estimate of drug-likeness (QED) is 0.128. The van der Waals surface area contributed by atoms with Crippen molar-refractivity contribution in [3.05, 3.63) is 364 Å². The molecule has 0 N–H and O–H groups in total. The molecule has 490 valence electrons. The largest absolute Gasteiger partial charge is 0.309 e. The Kier molecular flexibility index (Phi) is 20.3. The van der Waals surface area contributed by atoms with Gasteiger partial charge in [0.05, 0.1) is 22.0 Å². The van der Waals surface area contributed by atoms with E-state index in [1.165, 1.54) is 126 Å². The van der Waals surface area contributed by atoms with Crippen LogP contribution in [0.5, 0.6) is 0 Å². The van der Waals surface area contributed by atoms with E-state index in [4.69, 9.17) is 5.48 Å². The molecular weight excluding hydrogens is 1200 g/mol. The average molecular weight is 1290 g/mol. The molecule has 0 atom stereocenters. The number of hydrogen-bond acceptors (Lipinski definition) is 4. The second-order valence-corrected chi connectivity index (χ2v) is 25.7. The molecule has 5 heteroatoms. The van der Waals surface area contributed by atoms with E-state index in [0.29, 0.717) is 11.1 Å². The van der Waals surface area contributed by atoms with Crippen LogP contribution in [0, 0.1) is 96.9 Å². The predicted octanol–water partition coefficient (Wildman–Crippen LogP) is 25.4. The van der Waals surface area contributed by atoms with Gasteiger partial charge in [-0.3, -0.25) is 9.97 Å². The van der Waals surface area contributed by atoms with Crippen LogP contribution in [0.25, 0.3) is 103 Å². The minimum atomic E-state index is 0.0634. The van der Waals surface area contributed by atoms with Gasteiger partial charge in [0.15, 0.2) is 0 Å². The molecule has 0 unspecified atom stereocenters. The first-order chi connectivity index (χ1) is 49.6. The molecule has 0 saturated heterocycles. The fourth-order valence-corrected chi connectivity index (χ4v) is 13.0. The second kappa shape index (κ2) is 31.6. The summed E-state index contributed by atoms with van der Waals surface area (Å²) in [6.07, 6.45) is 0. The number of aryl methyl sites for hydroxylation is 12. The van der Waals surface area contributed by atoms with Crippen LogP contribution in [0.3, 0.4) is 0 Å². The summed E-state index contributed by atoms with van der Waals surface area (Å²) in [4.78, 5) is 17.5. The van der Waals surface area contributed by atoms with Gasteiger partial charge in [-0.2, -0.15) is 0 Å². The van der Waals surface area contributed by atoms with Crippen LogP contribution in [-0.4, -0.2) is 24.5 Å². The highest BCUT2D eigenvalue weighted by molar-refractivity contribution is 6.10. The third-order valence-corrected chi connectivity index (χ3v) is 17.9. The summed E-state index contributed by atoms with van der Waals surface area (Å²) in [5, 5.41) is 17.2. The second-order valence-electron chi connectivity index (χ2n) is 25.7. The molecule has 0 aliphatic rings. The lowest BCUT2D eigenvalue weighted by Gasteiger charge is -2.12. The van der Waals surface area contributed by atoms with E-state index in [9.17, 15) is 0 Å². The molecule has 17 aromatic rings. The van der Waals surface area contributed by atoms with Gasteiger partial charge >= 0.3 is 0 Å². The number of aromatic nitrogens is 5. The van der Waals surface area contributed by atoms with E-state index in [1.54, 1.807) is 13.8 Å². The molecule has 0 fully saturated rings. The maximum atomic E-state index is 7.43. The lowest BCUT2D eigenvalue weighted by atomic mass is 9.93. The summed E-state index contributed by atoms with van der Waals surface area (Å²) in [6, 6.07) is 92.3. The number of benzene rings is 13. The first-order valence-electron chi connectivity index (χ1n) is 35.9. The summed E-state index contributed by atoms with van der Waals surface area (Å²) in [5.41, 5.74) is 21.5. The molecule has 5 nitrogen and oxygen atoms in total. The maximum absolute atomic E-state index is 7.43. The SMILES string of the molecule is Cc1c2ccccc2c(C)c2ccccc12.Cc1ccc2c(c1)c1cc(C)ccc1n2-c1ccccc1.Cc1ccc2c(ccc3cc(C)ccc32)c1.Cc1cccc(C)n1.Cc1nc(C)c2ccccc2c1-c1ccccc1.Cc1nc(C)c2ccccc2n1.[2H]c1c([2H])c(C)c([2H])c([2H])c1C. The lowest BCUT2D eigenvalue weighted by Crippen LogP contribution is -1.93. The topological polar surface area (TPSA) is 56.5 Å². The van der Waals surface area contributed by atoms with Crippen LogP contribution >= 0.6 is 0 Å². The number of fused-ring (bicyclic) bond motifs is 10. The molecule has 0 aliphatic carbocycles. The van der Waals surface area contributed by atoms with Crippen molar-refractivity contribution in [1.82, 2.24) is 24.5 Å². The zero-order chi connectivity index (χ0) is 73.2. The minimum Gasteiger partial charge on any atom is -0.309 e. The van der Waals surface area contributed by atoms with Crippen LogP contribution in [0.15, 0.2) is 285 Å². The van der Waals surface area contributed by atoms with Crippen molar-refractivity contribution in [3.63, 3.8) is 0 Å². The van der Waals surface area contributed by atoms with Crippen LogP contribution < -0.4 is 0 Å². The van der Waals surface area contributed by atoms with Crippen molar-refractivity contribution in [1.29, 1.82) is 0 Å².